The maximum atomic E-state index is 11.9. The van der Waals surface area contributed by atoms with Crippen LogP contribution in [0.5, 0.6) is 0 Å². The standard InChI is InChI=1S/C16H19N3O5.C5H13NO2/c17-11(15(21)22)5-6-14(20)19-13(16(23)24)7-9-8-18-12-4-2-1-3-10(9)12;1-2-5(6,3-7)4-8/h1-4,8,11,13,18H,5-7,17H2,(H,19,20)(H,21,22)(H,23,24);7-8H,2-4,6H2,1H3/p+2/t11-,13-;/m1./s1. The van der Waals surface area contributed by atoms with Crippen LogP contribution in [0.4, 0.5) is 0 Å². The number of aliphatic carboxylic acids is 2. The van der Waals surface area contributed by atoms with Crippen molar-refractivity contribution in [3.8, 4) is 0 Å². The summed E-state index contributed by atoms with van der Waals surface area (Å²) in [5, 5.41) is 38.5. The Labute approximate surface area is 185 Å². The highest BCUT2D eigenvalue weighted by atomic mass is 16.4. The van der Waals surface area contributed by atoms with Crippen LogP contribution < -0.4 is 16.8 Å². The first-order chi connectivity index (χ1) is 15.1. The van der Waals surface area contributed by atoms with Crippen molar-refractivity contribution in [3.05, 3.63) is 36.0 Å². The third-order valence-electron chi connectivity index (χ3n) is 5.22. The van der Waals surface area contributed by atoms with E-state index in [9.17, 15) is 19.5 Å². The Hall–Kier alpha value is -2.99. The number of fused-ring (bicyclic) bond motifs is 1. The fraction of sp³-hybridized carbons (Fsp3) is 0.476. The average Bonchev–Trinajstić information content (AvgIpc) is 3.19. The lowest BCUT2D eigenvalue weighted by molar-refractivity contribution is -0.490. The van der Waals surface area contributed by atoms with Crippen LogP contribution in [0.25, 0.3) is 10.9 Å². The highest BCUT2D eigenvalue weighted by Gasteiger charge is 2.24. The van der Waals surface area contributed by atoms with Gasteiger partial charge in [0.05, 0.1) is 0 Å². The first-order valence-corrected chi connectivity index (χ1v) is 10.3. The number of amides is 1. The molecule has 0 aliphatic heterocycles. The van der Waals surface area contributed by atoms with E-state index >= 15 is 0 Å². The number of hydrogen-bond acceptors (Lipinski definition) is 5. The first kappa shape index (κ1) is 27.0. The van der Waals surface area contributed by atoms with Crippen LogP contribution in [0.1, 0.15) is 31.7 Å². The first-order valence-electron chi connectivity index (χ1n) is 10.3. The van der Waals surface area contributed by atoms with Crippen molar-refractivity contribution in [2.45, 2.75) is 50.2 Å². The molecule has 1 aromatic heterocycles. The molecule has 2 aromatic rings. The van der Waals surface area contributed by atoms with Crippen molar-refractivity contribution in [2.75, 3.05) is 13.2 Å². The van der Waals surface area contributed by atoms with E-state index in [1.54, 1.807) is 6.20 Å². The summed E-state index contributed by atoms with van der Waals surface area (Å²) in [6.45, 7) is 1.80. The zero-order chi connectivity index (χ0) is 24.3. The molecule has 0 aliphatic carbocycles. The lowest BCUT2D eigenvalue weighted by Gasteiger charge is -2.17. The van der Waals surface area contributed by atoms with Crippen molar-refractivity contribution in [1.29, 1.82) is 0 Å². The summed E-state index contributed by atoms with van der Waals surface area (Å²) < 4.78 is 0. The van der Waals surface area contributed by atoms with Gasteiger partial charge in [0.15, 0.2) is 6.04 Å². The molecule has 1 heterocycles. The van der Waals surface area contributed by atoms with Gasteiger partial charge in [-0.25, -0.2) is 9.59 Å². The van der Waals surface area contributed by atoms with Gasteiger partial charge in [0.2, 0.25) is 5.91 Å². The van der Waals surface area contributed by atoms with Crippen LogP contribution in [-0.4, -0.2) is 74.1 Å². The van der Waals surface area contributed by atoms with Crippen LogP contribution in [0, 0.1) is 0 Å². The van der Waals surface area contributed by atoms with Crippen LogP contribution in [0.2, 0.25) is 0 Å². The molecule has 1 amide bonds. The molecule has 2 atom stereocenters. The van der Waals surface area contributed by atoms with Gasteiger partial charge >= 0.3 is 11.9 Å². The normalized spacial score (nSPS) is 13.0. The Morgan fingerprint density at radius 1 is 1.12 bits per heavy atom. The Morgan fingerprint density at radius 2 is 1.75 bits per heavy atom. The molecule has 11 nitrogen and oxygen atoms in total. The second kappa shape index (κ2) is 12.8. The van der Waals surface area contributed by atoms with Crippen molar-refractivity contribution in [3.63, 3.8) is 0 Å². The Balaban J connectivity index is 0.000000547. The minimum absolute atomic E-state index is 0.0417. The lowest BCUT2D eigenvalue weighted by Crippen LogP contribution is -2.76. The molecular weight excluding hydrogens is 420 g/mol. The highest BCUT2D eigenvalue weighted by Crippen LogP contribution is 2.19. The number of carboxylic acid groups (broad SMARTS) is 2. The van der Waals surface area contributed by atoms with Crippen LogP contribution >= 0.6 is 0 Å². The van der Waals surface area contributed by atoms with Crippen molar-refractivity contribution in [2.24, 2.45) is 0 Å². The number of aliphatic hydroxyl groups excluding tert-OH is 2. The number of aliphatic hydroxyl groups is 2. The van der Waals surface area contributed by atoms with Gasteiger partial charge in [0.1, 0.15) is 24.8 Å². The molecule has 178 valence electrons. The van der Waals surface area contributed by atoms with Gasteiger partial charge in [-0.15, -0.1) is 0 Å². The molecule has 32 heavy (non-hydrogen) atoms. The third kappa shape index (κ3) is 8.27. The maximum Gasteiger partial charge on any atom is 0.362 e. The minimum atomic E-state index is -1.14. The zero-order valence-corrected chi connectivity index (χ0v) is 18.2. The van der Waals surface area contributed by atoms with E-state index in [4.69, 9.17) is 15.3 Å². The van der Waals surface area contributed by atoms with E-state index in [2.05, 4.69) is 21.8 Å². The number of aromatic amines is 1. The third-order valence-corrected chi connectivity index (χ3v) is 5.22. The van der Waals surface area contributed by atoms with E-state index < -0.39 is 35.5 Å². The number of carbonyl (C=O) groups is 3. The van der Waals surface area contributed by atoms with Crippen molar-refractivity contribution in [1.82, 2.24) is 10.3 Å². The molecule has 0 spiro atoms. The number of aromatic nitrogens is 1. The van der Waals surface area contributed by atoms with E-state index in [0.29, 0.717) is 6.42 Å². The quantitative estimate of drug-likeness (QED) is 0.193. The van der Waals surface area contributed by atoms with Gasteiger partial charge in [-0.1, -0.05) is 25.1 Å². The molecule has 0 saturated carbocycles. The molecule has 1 aromatic carbocycles. The SMILES string of the molecule is CCC([NH3+])(CO)CO.[NH3+][C@H](CCC(=O)N[C@H](Cc1c[nH]c2ccccc12)C(=O)O)C(=O)O. The number of H-pyrrole nitrogens is 1. The second-order valence-corrected chi connectivity index (χ2v) is 7.77. The second-order valence-electron chi connectivity index (χ2n) is 7.77. The smallest absolute Gasteiger partial charge is 0.362 e. The van der Waals surface area contributed by atoms with Gasteiger partial charge in [-0.3, -0.25) is 4.79 Å². The maximum absolute atomic E-state index is 11.9. The van der Waals surface area contributed by atoms with E-state index in [1.807, 2.05) is 31.2 Å². The zero-order valence-electron chi connectivity index (χ0n) is 18.2. The summed E-state index contributed by atoms with van der Waals surface area (Å²) in [5.41, 5.74) is 8.21. The topological polar surface area (TPSA) is 215 Å². The predicted octanol–water partition coefficient (Wildman–Crippen LogP) is -1.88. The largest absolute Gasteiger partial charge is 0.480 e. The van der Waals surface area contributed by atoms with Gasteiger partial charge in [0.25, 0.3) is 0 Å². The number of carboxylic acids is 2. The lowest BCUT2D eigenvalue weighted by atomic mass is 10.0. The fourth-order valence-electron chi connectivity index (χ4n) is 2.69. The minimum Gasteiger partial charge on any atom is -0.480 e. The number of rotatable bonds is 11. The monoisotopic (exact) mass is 454 g/mol. The van der Waals surface area contributed by atoms with Crippen molar-refractivity contribution < 1.29 is 46.3 Å². The molecule has 11 heteroatoms. The molecular formula is C21H34N4O7+2. The molecule has 0 fully saturated rings. The van der Waals surface area contributed by atoms with Crippen LogP contribution in [0.15, 0.2) is 30.5 Å². The van der Waals surface area contributed by atoms with Crippen molar-refractivity contribution >= 4 is 28.7 Å². The summed E-state index contributed by atoms with van der Waals surface area (Å²) in [4.78, 5) is 37.0. The fourth-order valence-corrected chi connectivity index (χ4v) is 2.69. The number of quaternary nitrogens is 2. The van der Waals surface area contributed by atoms with Gasteiger partial charge in [-0.2, -0.15) is 0 Å². The average molecular weight is 455 g/mol. The van der Waals surface area contributed by atoms with Crippen LogP contribution in [0.3, 0.4) is 0 Å². The number of para-hydroxylation sites is 1. The van der Waals surface area contributed by atoms with Gasteiger partial charge < -0.3 is 42.2 Å². The Morgan fingerprint density at radius 3 is 2.25 bits per heavy atom. The molecule has 2 rings (SSSR count). The number of carbonyl (C=O) groups excluding carboxylic acids is 1. The predicted molar refractivity (Wildman–Crippen MR) is 115 cm³/mol. The summed E-state index contributed by atoms with van der Waals surface area (Å²) in [6.07, 6.45) is 2.54. The molecule has 12 N–H and O–H groups in total. The van der Waals surface area contributed by atoms with E-state index in [0.717, 1.165) is 16.5 Å². The summed E-state index contributed by atoms with van der Waals surface area (Å²) in [5.74, 6) is -2.73. The number of benzene rings is 1. The number of nitrogens with one attached hydrogen (secondary N) is 2. The summed E-state index contributed by atoms with van der Waals surface area (Å²) in [6, 6.07) is 5.51. The molecule has 0 unspecified atom stereocenters. The molecule has 0 radical (unpaired) electrons. The Kier molecular flexibility index (Phi) is 10.8. The molecule has 0 saturated heterocycles. The van der Waals surface area contributed by atoms with E-state index in [1.165, 1.54) is 0 Å². The molecule has 0 bridgehead atoms. The van der Waals surface area contributed by atoms with Crippen LogP contribution in [-0.2, 0) is 20.8 Å². The molecule has 0 aliphatic rings. The summed E-state index contributed by atoms with van der Waals surface area (Å²) >= 11 is 0. The summed E-state index contributed by atoms with van der Waals surface area (Å²) in [7, 11) is 0. The number of hydrogen-bond donors (Lipinski definition) is 8. The highest BCUT2D eigenvalue weighted by molar-refractivity contribution is 5.87. The van der Waals surface area contributed by atoms with Gasteiger partial charge in [0, 0.05) is 42.8 Å². The Bertz CT molecular complexity index is 887. The van der Waals surface area contributed by atoms with E-state index in [-0.39, 0.29) is 32.5 Å². The van der Waals surface area contributed by atoms with Gasteiger partial charge in [-0.05, 0) is 11.6 Å².